The predicted octanol–water partition coefficient (Wildman–Crippen LogP) is 7.91. The van der Waals surface area contributed by atoms with Crippen LogP contribution in [-0.4, -0.2) is 0 Å². The molecule has 1 heterocycles. The molecule has 0 spiro atoms. The van der Waals surface area contributed by atoms with Gasteiger partial charge in [-0.3, -0.25) is 0 Å². The van der Waals surface area contributed by atoms with Crippen molar-refractivity contribution in [3.05, 3.63) is 155 Å². The van der Waals surface area contributed by atoms with Gasteiger partial charge in [-0.2, -0.15) is 0 Å². The number of hydrogen-bond acceptors (Lipinski definition) is 0. The fraction of sp³-hybridized carbons (Fsp3) is 0.234. The molecule has 0 amide bonds. The van der Waals surface area contributed by atoms with E-state index in [9.17, 15) is 0 Å². The Hall–Kier alpha value is -3.22. The van der Waals surface area contributed by atoms with E-state index in [-0.39, 0.29) is 24.8 Å². The molecule has 3 aliphatic rings. The van der Waals surface area contributed by atoms with Crippen LogP contribution in [0.1, 0.15) is 75.5 Å². The van der Waals surface area contributed by atoms with Crippen molar-refractivity contribution in [2.45, 2.75) is 61.5 Å². The first-order valence-corrected chi connectivity index (χ1v) is 24.7. The molecule has 1 aliphatic heterocycles. The van der Waals surface area contributed by atoms with E-state index in [4.69, 9.17) is 0 Å². The van der Waals surface area contributed by atoms with E-state index in [0.717, 1.165) is 0 Å². The molecule has 2 atom stereocenters. The first kappa shape index (κ1) is 35.2. The van der Waals surface area contributed by atoms with Gasteiger partial charge in [-0.1, -0.05) is 0 Å². The van der Waals surface area contributed by atoms with Gasteiger partial charge < -0.3 is 24.8 Å². The van der Waals surface area contributed by atoms with Crippen LogP contribution in [0.15, 0.2) is 132 Å². The molecule has 0 saturated carbocycles. The summed E-state index contributed by atoms with van der Waals surface area (Å²) in [6, 6.07) is 46.2. The van der Waals surface area contributed by atoms with Gasteiger partial charge in [0.05, 0.1) is 0 Å². The summed E-state index contributed by atoms with van der Waals surface area (Å²) in [6.07, 6.45) is 11.6. The van der Waals surface area contributed by atoms with Crippen LogP contribution >= 0.6 is 0 Å². The Morgan fingerprint density at radius 3 is 1.30 bits per heavy atom. The zero-order valence-corrected chi connectivity index (χ0v) is 33.0. The molecule has 1 fully saturated rings. The Kier molecular flexibility index (Phi) is 10.2. The van der Waals surface area contributed by atoms with Crippen molar-refractivity contribution < 1.29 is 45.1 Å². The van der Waals surface area contributed by atoms with E-state index in [1.807, 2.05) is 0 Å². The van der Waals surface area contributed by atoms with Crippen molar-refractivity contribution >= 4 is 33.7 Å². The molecule has 2 unspecified atom stereocenters. The predicted molar refractivity (Wildman–Crippen MR) is 204 cm³/mol. The molecule has 3 heteroatoms. The van der Waals surface area contributed by atoms with Gasteiger partial charge >= 0.3 is 292 Å². The van der Waals surface area contributed by atoms with Gasteiger partial charge in [0.2, 0.25) is 0 Å². The molecule has 0 radical (unpaired) electrons. The van der Waals surface area contributed by atoms with Gasteiger partial charge in [0, 0.05) is 0 Å². The van der Waals surface area contributed by atoms with Crippen molar-refractivity contribution in [3.63, 3.8) is 0 Å². The fourth-order valence-electron chi connectivity index (χ4n) is 10.0. The number of fused-ring (bicyclic) bond motifs is 4. The third-order valence-electron chi connectivity index (χ3n) is 12.0. The summed E-state index contributed by atoms with van der Waals surface area (Å²) < 4.78 is 4.33. The van der Waals surface area contributed by atoms with Crippen LogP contribution in [0, 0.1) is 0 Å². The summed E-state index contributed by atoms with van der Waals surface area (Å²) in [6.45, 7) is 4.78. The summed E-state index contributed by atoms with van der Waals surface area (Å²) in [5.74, 6) is 0. The number of halogens is 2. The zero-order valence-electron chi connectivity index (χ0n) is 29.1. The van der Waals surface area contributed by atoms with Gasteiger partial charge in [0.15, 0.2) is 0 Å². The van der Waals surface area contributed by atoms with Crippen molar-refractivity contribution in [2.75, 3.05) is 0 Å². The van der Waals surface area contributed by atoms with E-state index in [2.05, 4.69) is 147 Å². The fourth-order valence-corrected chi connectivity index (χ4v) is 25.6. The third-order valence-corrected chi connectivity index (χ3v) is 27.3. The van der Waals surface area contributed by atoms with Crippen molar-refractivity contribution in [2.24, 2.45) is 0 Å². The molecule has 9 rings (SSSR count). The molecule has 2 aliphatic carbocycles. The SMILES string of the molecule is CCCC1=Cc2c(-c3cccc4ccccc34)cccc2[CH]1[Zr+2]1([CH]2C(CCC)=Cc3c(-c4cccc5ccccc45)cccc32)[CH2]C[CH2]1.[Cl-].[Cl-]. The topological polar surface area (TPSA) is 0 Å². The largest absolute Gasteiger partial charge is 1.00 e. The van der Waals surface area contributed by atoms with Crippen LogP contribution in [0.4, 0.5) is 0 Å². The van der Waals surface area contributed by atoms with Crippen LogP contribution in [0.25, 0.3) is 56.0 Å². The maximum Gasteiger partial charge on any atom is -1.00 e. The monoisotopic (exact) mass is 768 g/mol. The second-order valence-corrected chi connectivity index (χ2v) is 25.9. The summed E-state index contributed by atoms with van der Waals surface area (Å²) in [5.41, 5.74) is 15.5. The Morgan fingerprint density at radius 2 is 0.880 bits per heavy atom. The average molecular weight is 771 g/mol. The van der Waals surface area contributed by atoms with Crippen LogP contribution in [0.5, 0.6) is 0 Å². The van der Waals surface area contributed by atoms with Crippen LogP contribution in [0.3, 0.4) is 0 Å². The molecule has 50 heavy (non-hydrogen) atoms. The quantitative estimate of drug-likeness (QED) is 0.148. The molecule has 0 nitrogen and oxygen atoms in total. The average Bonchev–Trinajstić information content (AvgIpc) is 3.66. The van der Waals surface area contributed by atoms with Crippen molar-refractivity contribution in [1.82, 2.24) is 0 Å². The smallest absolute Gasteiger partial charge is 1.00 e. The molecule has 0 N–H and O–H groups in total. The summed E-state index contributed by atoms with van der Waals surface area (Å²) in [5, 5.41) is 5.38. The van der Waals surface area contributed by atoms with Crippen LogP contribution in [0.2, 0.25) is 8.26 Å². The van der Waals surface area contributed by atoms with E-state index in [1.165, 1.54) is 95.3 Å². The molecule has 250 valence electrons. The van der Waals surface area contributed by atoms with Gasteiger partial charge in [0.25, 0.3) is 0 Å². The Morgan fingerprint density at radius 1 is 0.480 bits per heavy atom. The molecule has 0 bridgehead atoms. The Labute approximate surface area is 314 Å². The van der Waals surface area contributed by atoms with E-state index in [1.54, 1.807) is 22.3 Å². The molecular weight excluding hydrogens is 727 g/mol. The summed E-state index contributed by atoms with van der Waals surface area (Å²) >= 11 is -2.93. The minimum Gasteiger partial charge on any atom is -1.00 e. The minimum atomic E-state index is -2.93. The van der Waals surface area contributed by atoms with Crippen molar-refractivity contribution in [3.8, 4) is 22.3 Å². The molecule has 6 aromatic carbocycles. The van der Waals surface area contributed by atoms with Crippen LogP contribution in [-0.2, 0) is 20.3 Å². The van der Waals surface area contributed by atoms with Gasteiger partial charge in [-0.15, -0.1) is 0 Å². The molecule has 6 aromatic rings. The van der Waals surface area contributed by atoms with Gasteiger partial charge in [0.1, 0.15) is 0 Å². The van der Waals surface area contributed by atoms with Gasteiger partial charge in [-0.05, 0) is 0 Å². The van der Waals surface area contributed by atoms with Crippen LogP contribution < -0.4 is 24.8 Å². The zero-order chi connectivity index (χ0) is 32.2. The Bertz CT molecular complexity index is 2110. The standard InChI is InChI=1S/2C22H19.C3H6.2ClH.Zr/c2*1-2-7-16-14-18-10-6-13-21(22(18)15-16)20-12-5-9-17-8-3-4-11-19(17)20;1-3-2;;;/h2*3-6,8-15H,2,7H2,1H3;1-3H2;2*1H;/q;;;;;+2/p-2. The minimum absolute atomic E-state index is 0. The maximum atomic E-state index is 2.68. The molecular formula is C47H44Cl2Zr. The van der Waals surface area contributed by atoms with E-state index in [0.29, 0.717) is 7.25 Å². The van der Waals surface area contributed by atoms with Crippen molar-refractivity contribution in [1.29, 1.82) is 0 Å². The number of hydrogen-bond donors (Lipinski definition) is 0. The summed E-state index contributed by atoms with van der Waals surface area (Å²) in [4.78, 5) is 0. The molecule has 1 saturated heterocycles. The third kappa shape index (κ3) is 5.51. The van der Waals surface area contributed by atoms with E-state index < -0.39 is 20.3 Å². The van der Waals surface area contributed by atoms with Gasteiger partial charge in [-0.25, -0.2) is 0 Å². The number of rotatable bonds is 8. The maximum absolute atomic E-state index is 2.93. The normalized spacial score (nSPS) is 17.7. The second-order valence-electron chi connectivity index (χ2n) is 14.6. The first-order valence-electron chi connectivity index (χ1n) is 18.3. The molecule has 0 aromatic heterocycles. The summed E-state index contributed by atoms with van der Waals surface area (Å²) in [7, 11) is 0. The first-order chi connectivity index (χ1) is 23.7. The number of benzene rings is 6. The number of allylic oxidation sites excluding steroid dienone is 2. The Balaban J connectivity index is 0.00000196. The second kappa shape index (κ2) is 14.4. The van der Waals surface area contributed by atoms with E-state index >= 15 is 0 Å².